The van der Waals surface area contributed by atoms with Crippen LogP contribution in [0.15, 0.2) is 42.5 Å². The standard InChI is InChI=1S/C18H24O4/c1-6-21-17(20)15(14-10-8-7-9-11-14)12-13(2)16(19)22-18(3,4)5/h7-11,15H,2,6,12H2,1,3-5H3. The van der Waals surface area contributed by atoms with Crippen LogP contribution >= 0.6 is 0 Å². The minimum atomic E-state index is -0.591. The van der Waals surface area contributed by atoms with E-state index >= 15 is 0 Å². The highest BCUT2D eigenvalue weighted by Crippen LogP contribution is 2.26. The summed E-state index contributed by atoms with van der Waals surface area (Å²) in [5.74, 6) is -1.41. The van der Waals surface area contributed by atoms with Gasteiger partial charge in [-0.2, -0.15) is 0 Å². The third kappa shape index (κ3) is 5.72. The zero-order valence-electron chi connectivity index (χ0n) is 13.7. The lowest BCUT2D eigenvalue weighted by molar-refractivity contribution is -0.150. The molecule has 0 heterocycles. The van der Waals surface area contributed by atoms with Crippen molar-refractivity contribution in [3.8, 4) is 0 Å². The summed E-state index contributed by atoms with van der Waals surface area (Å²) in [5.41, 5.74) is 0.467. The maximum absolute atomic E-state index is 12.2. The Balaban J connectivity index is 2.88. The third-order valence-electron chi connectivity index (χ3n) is 2.91. The van der Waals surface area contributed by atoms with Crippen LogP contribution in [0.25, 0.3) is 0 Å². The minimum absolute atomic E-state index is 0.178. The first-order valence-corrected chi connectivity index (χ1v) is 7.37. The number of rotatable bonds is 6. The Morgan fingerprint density at radius 3 is 2.27 bits per heavy atom. The van der Waals surface area contributed by atoms with E-state index in [1.165, 1.54) is 0 Å². The van der Waals surface area contributed by atoms with Gasteiger partial charge in [0.2, 0.25) is 0 Å². The summed E-state index contributed by atoms with van der Waals surface area (Å²) in [6.45, 7) is 11.2. The van der Waals surface area contributed by atoms with Gasteiger partial charge in [-0.3, -0.25) is 4.79 Å². The molecule has 4 heteroatoms. The first-order valence-electron chi connectivity index (χ1n) is 7.37. The average Bonchev–Trinajstić information content (AvgIpc) is 2.43. The maximum Gasteiger partial charge on any atom is 0.333 e. The molecule has 0 radical (unpaired) electrons. The van der Waals surface area contributed by atoms with Crippen LogP contribution in [-0.2, 0) is 19.1 Å². The molecule has 0 aliphatic carbocycles. The topological polar surface area (TPSA) is 52.6 Å². The molecule has 22 heavy (non-hydrogen) atoms. The van der Waals surface area contributed by atoms with Crippen molar-refractivity contribution < 1.29 is 19.1 Å². The van der Waals surface area contributed by atoms with Crippen LogP contribution in [0.1, 0.15) is 45.6 Å². The van der Waals surface area contributed by atoms with E-state index in [-0.39, 0.29) is 18.0 Å². The Hall–Kier alpha value is -2.10. The normalized spacial score (nSPS) is 12.4. The molecule has 0 saturated heterocycles. The van der Waals surface area contributed by atoms with E-state index in [0.29, 0.717) is 6.61 Å². The van der Waals surface area contributed by atoms with Crippen molar-refractivity contribution in [3.63, 3.8) is 0 Å². The summed E-state index contributed by atoms with van der Waals surface area (Å²) in [4.78, 5) is 24.2. The quantitative estimate of drug-likeness (QED) is 0.595. The summed E-state index contributed by atoms with van der Waals surface area (Å²) < 4.78 is 10.4. The second kappa shape index (κ2) is 7.78. The lowest BCUT2D eigenvalue weighted by Crippen LogP contribution is -2.26. The fraction of sp³-hybridized carbons (Fsp3) is 0.444. The molecule has 0 saturated carbocycles. The molecule has 1 aromatic carbocycles. The zero-order valence-corrected chi connectivity index (χ0v) is 13.7. The highest BCUT2D eigenvalue weighted by Gasteiger charge is 2.27. The minimum Gasteiger partial charge on any atom is -0.466 e. The van der Waals surface area contributed by atoms with Gasteiger partial charge in [0.05, 0.1) is 12.5 Å². The predicted octanol–water partition coefficient (Wildman–Crippen LogP) is 3.62. The number of hydrogen-bond donors (Lipinski definition) is 0. The molecule has 0 fully saturated rings. The molecule has 0 bridgehead atoms. The first kappa shape index (κ1) is 18.0. The zero-order chi connectivity index (χ0) is 16.8. The Labute approximate surface area is 132 Å². The van der Waals surface area contributed by atoms with Crippen LogP contribution in [0.5, 0.6) is 0 Å². The van der Waals surface area contributed by atoms with Crippen LogP contribution in [0, 0.1) is 0 Å². The molecule has 4 nitrogen and oxygen atoms in total. The number of ether oxygens (including phenoxy) is 2. The monoisotopic (exact) mass is 304 g/mol. The molecule has 120 valence electrons. The highest BCUT2D eigenvalue weighted by molar-refractivity contribution is 5.90. The van der Waals surface area contributed by atoms with Gasteiger partial charge in [0, 0.05) is 5.57 Å². The van der Waals surface area contributed by atoms with Gasteiger partial charge >= 0.3 is 11.9 Å². The van der Waals surface area contributed by atoms with E-state index in [2.05, 4.69) is 6.58 Å². The summed E-state index contributed by atoms with van der Waals surface area (Å²) >= 11 is 0. The van der Waals surface area contributed by atoms with Crippen LogP contribution in [-0.4, -0.2) is 24.1 Å². The van der Waals surface area contributed by atoms with Crippen molar-refractivity contribution in [1.29, 1.82) is 0 Å². The fourth-order valence-corrected chi connectivity index (χ4v) is 1.95. The Bertz CT molecular complexity index is 526. The average molecular weight is 304 g/mol. The smallest absolute Gasteiger partial charge is 0.333 e. The van der Waals surface area contributed by atoms with Crippen molar-refractivity contribution >= 4 is 11.9 Å². The number of esters is 2. The lowest BCUT2D eigenvalue weighted by atomic mass is 9.92. The van der Waals surface area contributed by atoms with Crippen LogP contribution in [0.2, 0.25) is 0 Å². The molecular formula is C18H24O4. The van der Waals surface area contributed by atoms with E-state index in [0.717, 1.165) is 5.56 Å². The second-order valence-corrected chi connectivity index (χ2v) is 6.02. The largest absolute Gasteiger partial charge is 0.466 e. The van der Waals surface area contributed by atoms with Crippen molar-refractivity contribution in [2.24, 2.45) is 0 Å². The van der Waals surface area contributed by atoms with Gasteiger partial charge in [-0.1, -0.05) is 36.9 Å². The first-order chi connectivity index (χ1) is 10.2. The van der Waals surface area contributed by atoms with Crippen molar-refractivity contribution in [2.75, 3.05) is 6.61 Å². The van der Waals surface area contributed by atoms with Gasteiger partial charge in [-0.05, 0) is 39.7 Å². The molecule has 0 aromatic heterocycles. The molecule has 0 aliphatic rings. The molecule has 1 unspecified atom stereocenters. The number of carbonyl (C=O) groups excluding carboxylic acids is 2. The summed E-state index contributed by atoms with van der Waals surface area (Å²) in [7, 11) is 0. The van der Waals surface area contributed by atoms with Crippen LogP contribution < -0.4 is 0 Å². The number of hydrogen-bond acceptors (Lipinski definition) is 4. The molecular weight excluding hydrogens is 280 g/mol. The molecule has 0 N–H and O–H groups in total. The van der Waals surface area contributed by atoms with E-state index < -0.39 is 17.5 Å². The number of benzene rings is 1. The molecule has 1 aromatic rings. The Kier molecular flexibility index (Phi) is 6.35. The number of carbonyl (C=O) groups is 2. The molecule has 0 amide bonds. The second-order valence-electron chi connectivity index (χ2n) is 6.02. The van der Waals surface area contributed by atoms with Gasteiger partial charge in [-0.15, -0.1) is 0 Å². The van der Waals surface area contributed by atoms with Gasteiger partial charge in [0.1, 0.15) is 5.60 Å². The van der Waals surface area contributed by atoms with E-state index in [1.54, 1.807) is 27.7 Å². The van der Waals surface area contributed by atoms with Crippen LogP contribution in [0.3, 0.4) is 0 Å². The van der Waals surface area contributed by atoms with Gasteiger partial charge in [0.15, 0.2) is 0 Å². The summed E-state index contributed by atoms with van der Waals surface area (Å²) in [6.07, 6.45) is 0.178. The Morgan fingerprint density at radius 1 is 1.18 bits per heavy atom. The van der Waals surface area contributed by atoms with E-state index in [9.17, 15) is 9.59 Å². The predicted molar refractivity (Wildman–Crippen MR) is 85.4 cm³/mol. The molecule has 0 spiro atoms. The van der Waals surface area contributed by atoms with Gasteiger partial charge in [0.25, 0.3) is 0 Å². The summed E-state index contributed by atoms with van der Waals surface area (Å²) in [6, 6.07) is 9.23. The highest BCUT2D eigenvalue weighted by atomic mass is 16.6. The fourth-order valence-electron chi connectivity index (χ4n) is 1.95. The van der Waals surface area contributed by atoms with Crippen molar-refractivity contribution in [3.05, 3.63) is 48.0 Å². The SMILES string of the molecule is C=C(CC(C(=O)OCC)c1ccccc1)C(=O)OC(C)(C)C. The Morgan fingerprint density at radius 2 is 1.77 bits per heavy atom. The van der Waals surface area contributed by atoms with Gasteiger partial charge < -0.3 is 9.47 Å². The van der Waals surface area contributed by atoms with Crippen LogP contribution in [0.4, 0.5) is 0 Å². The van der Waals surface area contributed by atoms with E-state index in [1.807, 2.05) is 30.3 Å². The van der Waals surface area contributed by atoms with Crippen molar-refractivity contribution in [2.45, 2.75) is 45.6 Å². The van der Waals surface area contributed by atoms with E-state index in [4.69, 9.17) is 9.47 Å². The maximum atomic E-state index is 12.2. The third-order valence-corrected chi connectivity index (χ3v) is 2.91. The summed E-state index contributed by atoms with van der Waals surface area (Å²) in [5, 5.41) is 0. The molecule has 1 rings (SSSR count). The molecule has 0 aliphatic heterocycles. The van der Waals surface area contributed by atoms with Crippen molar-refractivity contribution in [1.82, 2.24) is 0 Å². The lowest BCUT2D eigenvalue weighted by Gasteiger charge is -2.22. The molecule has 1 atom stereocenters. The van der Waals surface area contributed by atoms with Gasteiger partial charge in [-0.25, -0.2) is 4.79 Å².